The van der Waals surface area contributed by atoms with Gasteiger partial charge in [-0.1, -0.05) is 11.6 Å². The first-order chi connectivity index (χ1) is 14.1. The van der Waals surface area contributed by atoms with E-state index in [0.29, 0.717) is 6.07 Å². The molecule has 0 aliphatic carbocycles. The minimum absolute atomic E-state index is 0.0478. The van der Waals surface area contributed by atoms with Crippen molar-refractivity contribution in [1.29, 1.82) is 0 Å². The monoisotopic (exact) mass is 473 g/mol. The van der Waals surface area contributed by atoms with Gasteiger partial charge in [0.2, 0.25) is 5.60 Å². The number of anilines is 1. The van der Waals surface area contributed by atoms with Crippen molar-refractivity contribution in [3.8, 4) is 0 Å². The number of esters is 1. The molecule has 0 unspecified atom stereocenters. The van der Waals surface area contributed by atoms with Gasteiger partial charge in [0.15, 0.2) is 6.61 Å². The van der Waals surface area contributed by atoms with Crippen molar-refractivity contribution in [2.45, 2.75) is 31.3 Å². The Morgan fingerprint density at radius 1 is 1.13 bits per heavy atom. The van der Waals surface area contributed by atoms with Crippen LogP contribution in [0.25, 0.3) is 0 Å². The molecule has 0 saturated heterocycles. The predicted molar refractivity (Wildman–Crippen MR) is 94.1 cm³/mol. The van der Waals surface area contributed by atoms with Crippen molar-refractivity contribution in [3.63, 3.8) is 0 Å². The molecule has 1 atom stereocenters. The zero-order chi connectivity index (χ0) is 23.6. The highest BCUT2D eigenvalue weighted by atomic mass is 35.5. The third-order valence-electron chi connectivity index (χ3n) is 3.94. The van der Waals surface area contributed by atoms with Gasteiger partial charge in [-0.05, 0) is 37.3 Å². The van der Waals surface area contributed by atoms with Gasteiger partial charge in [-0.3, -0.25) is 9.59 Å². The molecular formula is C18H14ClF6NO5. The van der Waals surface area contributed by atoms with Crippen LogP contribution in [-0.2, 0) is 26.1 Å². The standard InChI is InChI=1S/C18H14ClF6NO5/c1-9-2-5-13(31-9)16(29,18(23,24)25)7-15(28)30-8-14(27)26-10-3-4-12(19)11(6-10)17(20,21)22/h2-6,29H,7-8H2,1H3,(H,26,27)/t16-/m0/s1. The Bertz CT molecular complexity index is 971. The first-order valence-electron chi connectivity index (χ1n) is 8.32. The lowest BCUT2D eigenvalue weighted by Crippen LogP contribution is -2.44. The number of hydrogen-bond donors (Lipinski definition) is 2. The van der Waals surface area contributed by atoms with E-state index >= 15 is 0 Å². The number of carbonyl (C=O) groups excluding carboxylic acids is 2. The van der Waals surface area contributed by atoms with Crippen LogP contribution in [0.1, 0.15) is 23.5 Å². The van der Waals surface area contributed by atoms with Crippen LogP contribution in [0, 0.1) is 6.92 Å². The number of furan rings is 1. The van der Waals surface area contributed by atoms with Crippen molar-refractivity contribution in [2.24, 2.45) is 0 Å². The highest BCUT2D eigenvalue weighted by Gasteiger charge is 2.58. The fourth-order valence-corrected chi connectivity index (χ4v) is 2.63. The molecule has 31 heavy (non-hydrogen) atoms. The molecule has 0 radical (unpaired) electrons. The summed E-state index contributed by atoms with van der Waals surface area (Å²) in [4.78, 5) is 23.6. The SMILES string of the molecule is Cc1ccc([C@@](O)(CC(=O)OCC(=O)Nc2ccc(Cl)c(C(F)(F)F)c2)C(F)(F)F)o1. The lowest BCUT2D eigenvalue weighted by Gasteiger charge is -2.27. The van der Waals surface area contributed by atoms with Gasteiger partial charge >= 0.3 is 18.3 Å². The summed E-state index contributed by atoms with van der Waals surface area (Å²) in [6.07, 6.45) is -11.7. The van der Waals surface area contributed by atoms with Crippen molar-refractivity contribution in [2.75, 3.05) is 11.9 Å². The van der Waals surface area contributed by atoms with Crippen LogP contribution >= 0.6 is 11.6 Å². The normalized spacial score (nSPS) is 14.1. The molecule has 0 bridgehead atoms. The molecule has 13 heteroatoms. The molecule has 170 valence electrons. The van der Waals surface area contributed by atoms with Gasteiger partial charge in [0.1, 0.15) is 11.5 Å². The molecule has 1 heterocycles. The van der Waals surface area contributed by atoms with Gasteiger partial charge in [0.05, 0.1) is 17.0 Å². The fourth-order valence-electron chi connectivity index (χ4n) is 2.41. The van der Waals surface area contributed by atoms with Gasteiger partial charge in [0, 0.05) is 5.69 Å². The molecule has 6 nitrogen and oxygen atoms in total. The van der Waals surface area contributed by atoms with E-state index in [2.05, 4.69) is 4.74 Å². The van der Waals surface area contributed by atoms with Crippen molar-refractivity contribution in [3.05, 3.63) is 52.4 Å². The van der Waals surface area contributed by atoms with E-state index in [-0.39, 0.29) is 11.4 Å². The number of rotatable bonds is 6. The van der Waals surface area contributed by atoms with Crippen LogP contribution < -0.4 is 5.32 Å². The largest absolute Gasteiger partial charge is 0.463 e. The molecule has 0 aliphatic rings. The van der Waals surface area contributed by atoms with Gasteiger partial charge in [-0.25, -0.2) is 0 Å². The number of aryl methyl sites for hydroxylation is 1. The van der Waals surface area contributed by atoms with Crippen LogP contribution in [-0.4, -0.2) is 29.8 Å². The topological polar surface area (TPSA) is 88.8 Å². The number of hydrogen-bond acceptors (Lipinski definition) is 5. The Labute approximate surface area is 175 Å². The first kappa shape index (κ1) is 24.5. The number of ether oxygens (including phenoxy) is 1. The number of benzene rings is 1. The van der Waals surface area contributed by atoms with Crippen LogP contribution in [0.5, 0.6) is 0 Å². The van der Waals surface area contributed by atoms with Crippen LogP contribution in [0.4, 0.5) is 32.0 Å². The van der Waals surface area contributed by atoms with E-state index in [1.807, 2.05) is 5.32 Å². The predicted octanol–water partition coefficient (Wildman–Crippen LogP) is 4.58. The molecule has 1 aromatic heterocycles. The van der Waals surface area contributed by atoms with E-state index in [1.165, 1.54) is 6.92 Å². The van der Waals surface area contributed by atoms with E-state index < -0.39 is 59.2 Å². The van der Waals surface area contributed by atoms with Gasteiger partial charge in [-0.15, -0.1) is 0 Å². The number of nitrogens with one attached hydrogen (secondary N) is 1. The minimum Gasteiger partial charge on any atom is -0.463 e. The van der Waals surface area contributed by atoms with E-state index in [0.717, 1.165) is 24.3 Å². The molecule has 1 amide bonds. The fraction of sp³-hybridized carbons (Fsp3) is 0.333. The Hall–Kier alpha value is -2.73. The van der Waals surface area contributed by atoms with Crippen molar-refractivity contribution >= 4 is 29.2 Å². The minimum atomic E-state index is -5.31. The van der Waals surface area contributed by atoms with Crippen LogP contribution in [0.3, 0.4) is 0 Å². The second kappa shape index (κ2) is 8.79. The molecule has 0 spiro atoms. The van der Waals surface area contributed by atoms with Crippen molar-refractivity contribution in [1.82, 2.24) is 0 Å². The van der Waals surface area contributed by atoms with E-state index in [4.69, 9.17) is 16.0 Å². The second-order valence-corrected chi connectivity index (χ2v) is 6.75. The van der Waals surface area contributed by atoms with Gasteiger partial charge in [0.25, 0.3) is 5.91 Å². The highest BCUT2D eigenvalue weighted by Crippen LogP contribution is 2.42. The van der Waals surface area contributed by atoms with Crippen LogP contribution in [0.15, 0.2) is 34.7 Å². The van der Waals surface area contributed by atoms with Crippen LogP contribution in [0.2, 0.25) is 5.02 Å². The smallest absolute Gasteiger partial charge is 0.425 e. The number of halogens is 7. The maximum atomic E-state index is 13.3. The lowest BCUT2D eigenvalue weighted by atomic mass is 9.96. The third kappa shape index (κ3) is 5.91. The summed E-state index contributed by atoms with van der Waals surface area (Å²) in [5, 5.41) is 11.4. The zero-order valence-corrected chi connectivity index (χ0v) is 16.3. The summed E-state index contributed by atoms with van der Waals surface area (Å²) in [5.74, 6) is -3.63. The van der Waals surface area contributed by atoms with Crippen molar-refractivity contribution < 1.29 is 50.2 Å². The summed E-state index contributed by atoms with van der Waals surface area (Å²) in [6.45, 7) is 0.206. The van der Waals surface area contributed by atoms with E-state index in [9.17, 15) is 41.0 Å². The maximum Gasteiger partial charge on any atom is 0.425 e. The molecule has 0 saturated carbocycles. The summed E-state index contributed by atoms with van der Waals surface area (Å²) >= 11 is 5.45. The molecule has 0 fully saturated rings. The Kier molecular flexibility index (Phi) is 6.96. The number of aliphatic hydroxyl groups is 1. The first-order valence-corrected chi connectivity index (χ1v) is 8.69. The van der Waals surface area contributed by atoms with Gasteiger partial charge < -0.3 is 19.6 Å². The average Bonchev–Trinajstić information content (AvgIpc) is 3.06. The van der Waals surface area contributed by atoms with Gasteiger partial charge in [-0.2, -0.15) is 26.3 Å². The molecular weight excluding hydrogens is 460 g/mol. The summed E-state index contributed by atoms with van der Waals surface area (Å²) in [5.41, 5.74) is -5.27. The molecule has 2 aromatic rings. The Balaban J connectivity index is 2.03. The second-order valence-electron chi connectivity index (χ2n) is 6.35. The highest BCUT2D eigenvalue weighted by molar-refractivity contribution is 6.31. The molecule has 2 N–H and O–H groups in total. The summed E-state index contributed by atoms with van der Waals surface area (Å²) < 4.78 is 87.6. The number of carbonyl (C=O) groups is 2. The molecule has 2 rings (SSSR count). The number of alkyl halides is 6. The number of amides is 1. The van der Waals surface area contributed by atoms with E-state index in [1.54, 1.807) is 0 Å². The Morgan fingerprint density at radius 3 is 2.29 bits per heavy atom. The Morgan fingerprint density at radius 2 is 1.77 bits per heavy atom. The lowest BCUT2D eigenvalue weighted by molar-refractivity contribution is -0.275. The summed E-state index contributed by atoms with van der Waals surface area (Å²) in [7, 11) is 0. The molecule has 1 aromatic carbocycles. The zero-order valence-electron chi connectivity index (χ0n) is 15.5. The molecule has 0 aliphatic heterocycles. The quantitative estimate of drug-likeness (QED) is 0.473. The average molecular weight is 474 g/mol. The maximum absolute atomic E-state index is 13.3. The third-order valence-corrected chi connectivity index (χ3v) is 4.27. The summed E-state index contributed by atoms with van der Waals surface area (Å²) in [6, 6.07) is 4.43.